The van der Waals surface area contributed by atoms with Gasteiger partial charge in [0, 0.05) is 12.2 Å². The number of nitrogens with two attached hydrogens (primary N) is 1. The highest BCUT2D eigenvalue weighted by Gasteiger charge is 2.32. The van der Waals surface area contributed by atoms with Crippen molar-refractivity contribution in [1.82, 2.24) is 15.3 Å². The van der Waals surface area contributed by atoms with Gasteiger partial charge in [-0.3, -0.25) is 4.79 Å². The van der Waals surface area contributed by atoms with Crippen LogP contribution in [0.2, 0.25) is 0 Å². The van der Waals surface area contributed by atoms with Crippen LogP contribution in [-0.4, -0.2) is 34.0 Å². The third-order valence-corrected chi connectivity index (χ3v) is 5.64. The molecule has 2 aliphatic rings. The van der Waals surface area contributed by atoms with Crippen LogP contribution < -0.4 is 11.1 Å². The zero-order chi connectivity index (χ0) is 18.3. The fourth-order valence-corrected chi connectivity index (χ4v) is 4.39. The van der Waals surface area contributed by atoms with Gasteiger partial charge in [0.15, 0.2) is 0 Å². The molecule has 0 bridgehead atoms. The SMILES string of the molecule is COC1=NC(c2ccccc2[C@H]2Cc3nc(N)nc(C)c3C(=O)N2)CS1. The molecule has 7 nitrogen and oxygen atoms in total. The van der Waals surface area contributed by atoms with Gasteiger partial charge in [0.05, 0.1) is 36.1 Å². The molecule has 8 heteroatoms. The molecule has 2 atom stereocenters. The fraction of sp³-hybridized carbons (Fsp3) is 0.333. The van der Waals surface area contributed by atoms with E-state index in [9.17, 15) is 4.79 Å². The Kier molecular flexibility index (Phi) is 4.28. The van der Waals surface area contributed by atoms with Crippen molar-refractivity contribution in [2.75, 3.05) is 18.6 Å². The van der Waals surface area contributed by atoms with Crippen molar-refractivity contribution in [3.8, 4) is 0 Å². The van der Waals surface area contributed by atoms with Crippen molar-refractivity contribution in [3.63, 3.8) is 0 Å². The fourth-order valence-electron chi connectivity index (χ4n) is 3.52. The highest BCUT2D eigenvalue weighted by atomic mass is 32.2. The number of thioether (sulfide) groups is 1. The summed E-state index contributed by atoms with van der Waals surface area (Å²) in [6.45, 7) is 1.78. The Balaban J connectivity index is 1.71. The summed E-state index contributed by atoms with van der Waals surface area (Å²) >= 11 is 1.60. The number of nitrogens with zero attached hydrogens (tertiary/aromatic N) is 3. The van der Waals surface area contributed by atoms with E-state index < -0.39 is 0 Å². The first-order valence-electron chi connectivity index (χ1n) is 8.34. The van der Waals surface area contributed by atoms with Crippen LogP contribution in [0.15, 0.2) is 29.3 Å². The van der Waals surface area contributed by atoms with Gasteiger partial charge in [0.25, 0.3) is 5.91 Å². The minimum absolute atomic E-state index is 0.0154. The van der Waals surface area contributed by atoms with Gasteiger partial charge in [0.2, 0.25) is 11.2 Å². The number of aromatic nitrogens is 2. The van der Waals surface area contributed by atoms with Crippen LogP contribution >= 0.6 is 11.8 Å². The minimum atomic E-state index is -0.174. The maximum Gasteiger partial charge on any atom is 0.255 e. The minimum Gasteiger partial charge on any atom is -0.476 e. The van der Waals surface area contributed by atoms with Crippen LogP contribution in [0.3, 0.4) is 0 Å². The summed E-state index contributed by atoms with van der Waals surface area (Å²) in [7, 11) is 1.63. The van der Waals surface area contributed by atoms with Gasteiger partial charge >= 0.3 is 0 Å². The molecule has 3 heterocycles. The van der Waals surface area contributed by atoms with Gasteiger partial charge in [-0.2, -0.15) is 0 Å². The van der Waals surface area contributed by atoms with Crippen molar-refractivity contribution in [1.29, 1.82) is 0 Å². The highest BCUT2D eigenvalue weighted by molar-refractivity contribution is 8.13. The van der Waals surface area contributed by atoms with E-state index in [1.807, 2.05) is 18.2 Å². The lowest BCUT2D eigenvalue weighted by atomic mass is 9.89. The Labute approximate surface area is 155 Å². The number of rotatable bonds is 2. The van der Waals surface area contributed by atoms with Crippen LogP contribution in [0.4, 0.5) is 5.95 Å². The lowest BCUT2D eigenvalue weighted by Gasteiger charge is -2.28. The second-order valence-electron chi connectivity index (χ2n) is 6.27. The lowest BCUT2D eigenvalue weighted by Crippen LogP contribution is -2.37. The zero-order valence-corrected chi connectivity index (χ0v) is 15.3. The number of benzene rings is 1. The standard InChI is InChI=1S/C18H19N5O2S/c1-9-15-13(22-17(19)20-9)7-12(21-16(15)24)10-5-3-4-6-11(10)14-8-26-18(23-14)25-2/h3-6,12,14H,7-8H2,1-2H3,(H,21,24)(H2,19,20,22)/t12-,14?/m1/s1. The molecule has 0 aliphatic carbocycles. The number of carbonyl (C=O) groups excluding carboxylic acids is 1. The van der Waals surface area contributed by atoms with Gasteiger partial charge in [-0.25, -0.2) is 15.0 Å². The van der Waals surface area contributed by atoms with Crippen LogP contribution in [0.1, 0.15) is 45.0 Å². The third-order valence-electron chi connectivity index (χ3n) is 4.64. The number of anilines is 1. The number of carbonyl (C=O) groups is 1. The molecular weight excluding hydrogens is 350 g/mol. The van der Waals surface area contributed by atoms with Crippen LogP contribution in [0, 0.1) is 6.92 Å². The summed E-state index contributed by atoms with van der Waals surface area (Å²) in [5.74, 6) is 0.862. The van der Waals surface area contributed by atoms with Crippen molar-refractivity contribution >= 4 is 28.8 Å². The molecule has 0 radical (unpaired) electrons. The molecule has 4 rings (SSSR count). The van der Waals surface area contributed by atoms with E-state index in [1.54, 1.807) is 25.8 Å². The monoisotopic (exact) mass is 369 g/mol. The number of aliphatic imine (C=N–C) groups is 1. The first kappa shape index (κ1) is 16.8. The molecule has 134 valence electrons. The summed E-state index contributed by atoms with van der Waals surface area (Å²) < 4.78 is 5.25. The molecule has 0 saturated heterocycles. The summed E-state index contributed by atoms with van der Waals surface area (Å²) in [6, 6.07) is 7.90. The first-order valence-corrected chi connectivity index (χ1v) is 9.32. The predicted octanol–water partition coefficient (Wildman–Crippen LogP) is 2.18. The summed E-state index contributed by atoms with van der Waals surface area (Å²) in [5.41, 5.74) is 9.77. The molecule has 2 aliphatic heterocycles. The topological polar surface area (TPSA) is 102 Å². The van der Waals surface area contributed by atoms with Gasteiger partial charge in [-0.05, 0) is 18.1 Å². The summed E-state index contributed by atoms with van der Waals surface area (Å²) in [6.07, 6.45) is 0.576. The Hall–Kier alpha value is -2.61. The number of nitrogens with one attached hydrogen (secondary N) is 1. The molecule has 1 amide bonds. The zero-order valence-electron chi connectivity index (χ0n) is 14.5. The van der Waals surface area contributed by atoms with Crippen molar-refractivity contribution in [2.45, 2.75) is 25.4 Å². The molecule has 1 unspecified atom stereocenters. The molecular formula is C18H19N5O2S. The Morgan fingerprint density at radius 1 is 1.27 bits per heavy atom. The van der Waals surface area contributed by atoms with E-state index in [2.05, 4.69) is 26.3 Å². The van der Waals surface area contributed by atoms with Crippen molar-refractivity contribution in [3.05, 3.63) is 52.3 Å². The molecule has 1 aromatic carbocycles. The predicted molar refractivity (Wildman–Crippen MR) is 101 cm³/mol. The lowest BCUT2D eigenvalue weighted by molar-refractivity contribution is 0.0922. The van der Waals surface area contributed by atoms with E-state index in [0.717, 1.165) is 16.9 Å². The second-order valence-corrected chi connectivity index (χ2v) is 7.25. The Morgan fingerprint density at radius 2 is 2.04 bits per heavy atom. The quantitative estimate of drug-likeness (QED) is 0.841. The van der Waals surface area contributed by atoms with E-state index in [1.165, 1.54) is 0 Å². The van der Waals surface area contributed by atoms with Crippen molar-refractivity contribution in [2.24, 2.45) is 4.99 Å². The number of ether oxygens (including phenoxy) is 1. The number of fused-ring (bicyclic) bond motifs is 1. The summed E-state index contributed by atoms with van der Waals surface area (Å²) in [5, 5.41) is 3.79. The average molecular weight is 369 g/mol. The largest absolute Gasteiger partial charge is 0.476 e. The number of nitrogen functional groups attached to an aromatic ring is 1. The Bertz CT molecular complexity index is 914. The number of hydrogen-bond acceptors (Lipinski definition) is 7. The van der Waals surface area contributed by atoms with E-state index in [0.29, 0.717) is 28.6 Å². The molecule has 0 spiro atoms. The number of amides is 1. The van der Waals surface area contributed by atoms with E-state index >= 15 is 0 Å². The molecule has 3 N–H and O–H groups in total. The Morgan fingerprint density at radius 3 is 2.77 bits per heavy atom. The van der Waals surface area contributed by atoms with Gasteiger partial charge in [0.1, 0.15) is 0 Å². The maximum absolute atomic E-state index is 12.6. The van der Waals surface area contributed by atoms with E-state index in [-0.39, 0.29) is 23.9 Å². The molecule has 0 saturated carbocycles. The van der Waals surface area contributed by atoms with Crippen molar-refractivity contribution < 1.29 is 9.53 Å². The molecule has 26 heavy (non-hydrogen) atoms. The van der Waals surface area contributed by atoms with Gasteiger partial charge in [-0.15, -0.1) is 0 Å². The molecule has 1 aromatic heterocycles. The van der Waals surface area contributed by atoms with Crippen LogP contribution in [0.5, 0.6) is 0 Å². The van der Waals surface area contributed by atoms with E-state index in [4.69, 9.17) is 10.5 Å². The maximum atomic E-state index is 12.6. The van der Waals surface area contributed by atoms with Crippen LogP contribution in [0.25, 0.3) is 0 Å². The first-order chi connectivity index (χ1) is 12.6. The third kappa shape index (κ3) is 2.90. The smallest absolute Gasteiger partial charge is 0.255 e. The van der Waals surface area contributed by atoms with Gasteiger partial charge in [-0.1, -0.05) is 36.0 Å². The normalized spacial score (nSPS) is 21.8. The molecule has 2 aromatic rings. The summed E-state index contributed by atoms with van der Waals surface area (Å²) in [4.78, 5) is 25.7. The van der Waals surface area contributed by atoms with Gasteiger partial charge < -0.3 is 15.8 Å². The second kappa shape index (κ2) is 6.60. The number of aryl methyl sites for hydroxylation is 1. The average Bonchev–Trinajstić information content (AvgIpc) is 3.09. The van der Waals surface area contributed by atoms with Crippen LogP contribution in [-0.2, 0) is 11.2 Å². The number of hydrogen-bond donors (Lipinski definition) is 2. The number of methoxy groups -OCH3 is 1. The molecule has 0 fully saturated rings. The highest BCUT2D eigenvalue weighted by Crippen LogP contribution is 2.36.